The van der Waals surface area contributed by atoms with Crippen molar-refractivity contribution < 1.29 is 14.6 Å². The Morgan fingerprint density at radius 1 is 1.33 bits per heavy atom. The number of aliphatic hydroxyl groups excluding tert-OH is 1. The Bertz CT molecular complexity index is 786. The van der Waals surface area contributed by atoms with Gasteiger partial charge in [-0.3, -0.25) is 4.79 Å². The molecule has 1 amide bonds. The van der Waals surface area contributed by atoms with Gasteiger partial charge in [-0.15, -0.1) is 0 Å². The second-order valence-corrected chi connectivity index (χ2v) is 6.88. The number of nitrogens with one attached hydrogen (secondary N) is 1. The second kappa shape index (κ2) is 8.41. The lowest BCUT2D eigenvalue weighted by molar-refractivity contribution is 0.0404. The molecule has 0 aliphatic carbocycles. The number of aliphatic hydroxyl groups is 1. The molecule has 0 aromatic carbocycles. The minimum Gasteiger partial charge on any atom is -0.472 e. The van der Waals surface area contributed by atoms with Crippen molar-refractivity contribution in [2.75, 3.05) is 26.7 Å². The molecule has 0 saturated carbocycles. The van der Waals surface area contributed by atoms with Gasteiger partial charge in [-0.25, -0.2) is 15.0 Å². The molecule has 2 N–H and O–H groups in total. The van der Waals surface area contributed by atoms with Gasteiger partial charge in [0, 0.05) is 48.7 Å². The van der Waals surface area contributed by atoms with Crippen molar-refractivity contribution in [1.29, 1.82) is 0 Å². The molecule has 3 heterocycles. The number of aromatic nitrogens is 3. The summed E-state index contributed by atoms with van der Waals surface area (Å²) in [4.78, 5) is 27.4. The summed E-state index contributed by atoms with van der Waals surface area (Å²) in [5.41, 5.74) is 1.89. The quantitative estimate of drug-likeness (QED) is 0.808. The van der Waals surface area contributed by atoms with Crippen LogP contribution in [0.4, 0.5) is 0 Å². The molecular formula is C19H25N5O3. The van der Waals surface area contributed by atoms with Gasteiger partial charge in [0.1, 0.15) is 18.0 Å². The molecule has 1 aliphatic rings. The molecule has 3 rings (SSSR count). The topological polar surface area (TPSA) is 100 Å². The van der Waals surface area contributed by atoms with E-state index < -0.39 is 0 Å². The normalized spacial score (nSPS) is 21.0. The van der Waals surface area contributed by atoms with Gasteiger partial charge in [0.25, 0.3) is 5.91 Å². The van der Waals surface area contributed by atoms with Gasteiger partial charge in [-0.05, 0) is 20.0 Å². The second-order valence-electron chi connectivity index (χ2n) is 6.88. The minimum atomic E-state index is -0.301. The first kappa shape index (κ1) is 19.2. The van der Waals surface area contributed by atoms with Gasteiger partial charge in [0.2, 0.25) is 5.88 Å². The Labute approximate surface area is 158 Å². The Balaban J connectivity index is 2.07. The zero-order valence-electron chi connectivity index (χ0n) is 15.8. The summed E-state index contributed by atoms with van der Waals surface area (Å²) in [7, 11) is 1.86. The highest BCUT2D eigenvalue weighted by Gasteiger charge is 2.33. The van der Waals surface area contributed by atoms with Crippen LogP contribution >= 0.6 is 0 Å². The van der Waals surface area contributed by atoms with Gasteiger partial charge in [0.05, 0.1) is 12.6 Å². The van der Waals surface area contributed by atoms with Gasteiger partial charge < -0.3 is 20.1 Å². The third-order valence-corrected chi connectivity index (χ3v) is 4.82. The third kappa shape index (κ3) is 4.06. The van der Waals surface area contributed by atoms with Crippen molar-refractivity contribution in [3.8, 4) is 17.0 Å². The summed E-state index contributed by atoms with van der Waals surface area (Å²) in [6.45, 7) is 4.89. The summed E-state index contributed by atoms with van der Waals surface area (Å²) >= 11 is 0. The summed E-state index contributed by atoms with van der Waals surface area (Å²) < 4.78 is 6.10. The fourth-order valence-electron chi connectivity index (χ4n) is 3.15. The third-order valence-electron chi connectivity index (χ3n) is 4.82. The molecule has 0 spiro atoms. The number of fused-ring (bicyclic) bond motifs is 1. The van der Waals surface area contributed by atoms with Crippen LogP contribution < -0.4 is 10.1 Å². The van der Waals surface area contributed by atoms with Crippen molar-refractivity contribution in [3.63, 3.8) is 0 Å². The number of hydrogen-bond donors (Lipinski definition) is 2. The molecule has 0 fully saturated rings. The maximum atomic E-state index is 13.2. The summed E-state index contributed by atoms with van der Waals surface area (Å²) in [6, 6.07) is 1.46. The first-order valence-electron chi connectivity index (χ1n) is 9.03. The maximum absolute atomic E-state index is 13.2. The summed E-state index contributed by atoms with van der Waals surface area (Å²) in [6.07, 6.45) is 6.31. The highest BCUT2D eigenvalue weighted by atomic mass is 16.5. The highest BCUT2D eigenvalue weighted by molar-refractivity contribution is 5.97. The largest absolute Gasteiger partial charge is 0.472 e. The molecule has 2 aromatic rings. The Morgan fingerprint density at radius 3 is 2.74 bits per heavy atom. The summed E-state index contributed by atoms with van der Waals surface area (Å²) in [5, 5.41) is 12.8. The van der Waals surface area contributed by atoms with E-state index in [4.69, 9.17) is 4.74 Å². The number of likely N-dealkylation sites (N-methyl/N-ethyl adjacent to an activating group) is 1. The lowest BCUT2D eigenvalue weighted by atomic mass is 10.00. The number of nitrogens with zero attached hydrogens (tertiary/aromatic N) is 4. The monoisotopic (exact) mass is 371 g/mol. The van der Waals surface area contributed by atoms with E-state index in [2.05, 4.69) is 20.3 Å². The smallest absolute Gasteiger partial charge is 0.259 e. The average Bonchev–Trinajstić information content (AvgIpc) is 2.70. The van der Waals surface area contributed by atoms with Crippen molar-refractivity contribution >= 4 is 5.91 Å². The van der Waals surface area contributed by atoms with Gasteiger partial charge >= 0.3 is 0 Å². The molecule has 27 heavy (non-hydrogen) atoms. The molecule has 0 bridgehead atoms. The van der Waals surface area contributed by atoms with Crippen molar-refractivity contribution in [1.82, 2.24) is 25.2 Å². The number of pyridine rings is 1. The molecule has 2 aromatic heterocycles. The number of carbonyl (C=O) groups excluding carboxylic acids is 1. The molecular weight excluding hydrogens is 346 g/mol. The predicted octanol–water partition coefficient (Wildman–Crippen LogP) is 0.978. The molecule has 3 atom stereocenters. The van der Waals surface area contributed by atoms with Crippen LogP contribution in [-0.2, 0) is 0 Å². The number of ether oxygens (including phenoxy) is 1. The van der Waals surface area contributed by atoms with Crippen LogP contribution in [0, 0.1) is 5.92 Å². The van der Waals surface area contributed by atoms with Gasteiger partial charge in [-0.1, -0.05) is 6.92 Å². The molecule has 8 heteroatoms. The van der Waals surface area contributed by atoms with E-state index in [9.17, 15) is 9.90 Å². The fraction of sp³-hybridized carbons (Fsp3) is 0.474. The van der Waals surface area contributed by atoms with E-state index in [1.54, 1.807) is 29.6 Å². The molecule has 0 unspecified atom stereocenters. The minimum absolute atomic E-state index is 0.0764. The highest BCUT2D eigenvalue weighted by Crippen LogP contribution is 2.29. The Morgan fingerprint density at radius 2 is 2.07 bits per heavy atom. The standard InChI is InChI=1S/C19H25N5O3/c1-12-9-24(13(2)10-25)19(26)16-4-14(15-5-21-11-22-6-15)7-23-18(16)27-17(12)8-20-3/h4-7,11-13,17,20,25H,8-10H2,1-3H3/t12-,13+,17-/m0/s1. The first-order chi connectivity index (χ1) is 13.0. The Kier molecular flexibility index (Phi) is 5.98. The van der Waals surface area contributed by atoms with Crippen LogP contribution in [0.5, 0.6) is 5.88 Å². The molecule has 8 nitrogen and oxygen atoms in total. The molecule has 144 valence electrons. The number of carbonyl (C=O) groups is 1. The zero-order chi connectivity index (χ0) is 19.4. The van der Waals surface area contributed by atoms with Crippen LogP contribution in [0.1, 0.15) is 24.2 Å². The van der Waals surface area contributed by atoms with Gasteiger partial charge in [-0.2, -0.15) is 0 Å². The van der Waals surface area contributed by atoms with Crippen LogP contribution in [-0.4, -0.2) is 69.8 Å². The average molecular weight is 371 g/mol. The molecule has 0 saturated heterocycles. The lowest BCUT2D eigenvalue weighted by Crippen LogP contribution is -2.49. The van der Waals surface area contributed by atoms with Crippen LogP contribution in [0.3, 0.4) is 0 Å². The van der Waals surface area contributed by atoms with Crippen LogP contribution in [0.2, 0.25) is 0 Å². The summed E-state index contributed by atoms with van der Waals surface area (Å²) in [5.74, 6) is 0.183. The van der Waals surface area contributed by atoms with E-state index in [-0.39, 0.29) is 30.6 Å². The van der Waals surface area contributed by atoms with Crippen LogP contribution in [0.25, 0.3) is 11.1 Å². The van der Waals surface area contributed by atoms with E-state index in [0.29, 0.717) is 24.5 Å². The van der Waals surface area contributed by atoms with Crippen molar-refractivity contribution in [3.05, 3.63) is 36.5 Å². The zero-order valence-corrected chi connectivity index (χ0v) is 15.8. The van der Waals surface area contributed by atoms with E-state index in [1.165, 1.54) is 6.33 Å². The number of amides is 1. The van der Waals surface area contributed by atoms with Crippen molar-refractivity contribution in [2.24, 2.45) is 5.92 Å². The van der Waals surface area contributed by atoms with Crippen molar-refractivity contribution in [2.45, 2.75) is 26.0 Å². The Hall–Kier alpha value is -2.58. The predicted molar refractivity (Wildman–Crippen MR) is 100 cm³/mol. The van der Waals surface area contributed by atoms with E-state index >= 15 is 0 Å². The maximum Gasteiger partial charge on any atom is 0.259 e. The molecule has 1 aliphatic heterocycles. The van der Waals surface area contributed by atoms with E-state index in [0.717, 1.165) is 11.1 Å². The SMILES string of the molecule is CNC[C@@H]1Oc2ncc(-c3cncnc3)cc2C(=O)N([C@H](C)CO)C[C@@H]1C. The lowest BCUT2D eigenvalue weighted by Gasteiger charge is -2.36. The first-order valence-corrected chi connectivity index (χ1v) is 9.03. The molecule has 0 radical (unpaired) electrons. The van der Waals surface area contributed by atoms with Gasteiger partial charge in [0.15, 0.2) is 0 Å². The number of hydrogen-bond acceptors (Lipinski definition) is 7. The fourth-order valence-corrected chi connectivity index (χ4v) is 3.15. The van der Waals surface area contributed by atoms with E-state index in [1.807, 2.05) is 20.9 Å². The number of rotatable bonds is 5. The van der Waals surface area contributed by atoms with Crippen LogP contribution in [0.15, 0.2) is 31.0 Å².